The summed E-state index contributed by atoms with van der Waals surface area (Å²) in [5.41, 5.74) is 1.21. The standard InChI is InChI=1S/C17H29N3O3/c1-5-14(6-2)15(20-7-9-22-10-8-20)11-18-17(21)16-12(3)19-23-13(16)4/h14-15H,5-11H2,1-4H3,(H,18,21). The molecule has 23 heavy (non-hydrogen) atoms. The normalized spacial score (nSPS) is 17.4. The van der Waals surface area contributed by atoms with E-state index in [1.165, 1.54) is 0 Å². The molecular weight excluding hydrogens is 294 g/mol. The molecule has 6 nitrogen and oxygen atoms in total. The number of carbonyl (C=O) groups is 1. The Morgan fingerprint density at radius 1 is 1.26 bits per heavy atom. The lowest BCUT2D eigenvalue weighted by Crippen LogP contribution is -2.52. The first-order valence-corrected chi connectivity index (χ1v) is 8.61. The molecule has 2 heterocycles. The van der Waals surface area contributed by atoms with Crippen molar-refractivity contribution in [3.8, 4) is 0 Å². The summed E-state index contributed by atoms with van der Waals surface area (Å²) in [6.07, 6.45) is 2.22. The third kappa shape index (κ3) is 4.32. The van der Waals surface area contributed by atoms with Gasteiger partial charge in [0.05, 0.1) is 18.9 Å². The fourth-order valence-corrected chi connectivity index (χ4v) is 3.43. The number of morpholine rings is 1. The number of hydrogen-bond donors (Lipinski definition) is 1. The second-order valence-corrected chi connectivity index (χ2v) is 6.20. The van der Waals surface area contributed by atoms with Gasteiger partial charge in [0, 0.05) is 25.7 Å². The fraction of sp³-hybridized carbons (Fsp3) is 0.765. The molecular formula is C17H29N3O3. The molecule has 0 aliphatic carbocycles. The lowest BCUT2D eigenvalue weighted by Gasteiger charge is -2.38. The Labute approximate surface area is 138 Å². The van der Waals surface area contributed by atoms with Gasteiger partial charge in [0.15, 0.2) is 0 Å². The number of nitrogens with zero attached hydrogens (tertiary/aromatic N) is 2. The van der Waals surface area contributed by atoms with Crippen LogP contribution in [0.25, 0.3) is 0 Å². The maximum absolute atomic E-state index is 12.5. The molecule has 0 aromatic carbocycles. The van der Waals surface area contributed by atoms with Gasteiger partial charge in [0.2, 0.25) is 0 Å². The topological polar surface area (TPSA) is 67.6 Å². The molecule has 1 amide bonds. The molecule has 2 rings (SSSR count). The van der Waals surface area contributed by atoms with Gasteiger partial charge in [-0.05, 0) is 19.8 Å². The second kappa shape index (κ2) is 8.45. The van der Waals surface area contributed by atoms with Crippen LogP contribution in [0.15, 0.2) is 4.52 Å². The van der Waals surface area contributed by atoms with Crippen LogP contribution in [0.5, 0.6) is 0 Å². The Morgan fingerprint density at radius 3 is 2.43 bits per heavy atom. The highest BCUT2D eigenvalue weighted by atomic mass is 16.5. The van der Waals surface area contributed by atoms with Crippen LogP contribution in [0.4, 0.5) is 0 Å². The molecule has 1 aliphatic heterocycles. The number of amides is 1. The van der Waals surface area contributed by atoms with Gasteiger partial charge in [-0.3, -0.25) is 9.69 Å². The molecule has 1 aromatic heterocycles. The smallest absolute Gasteiger partial charge is 0.256 e. The summed E-state index contributed by atoms with van der Waals surface area (Å²) < 4.78 is 10.6. The Morgan fingerprint density at radius 2 is 1.91 bits per heavy atom. The lowest BCUT2D eigenvalue weighted by molar-refractivity contribution is 0.00191. The fourth-order valence-electron chi connectivity index (χ4n) is 3.43. The third-order valence-corrected chi connectivity index (χ3v) is 4.84. The molecule has 1 atom stereocenters. The molecule has 1 N–H and O–H groups in total. The van der Waals surface area contributed by atoms with Gasteiger partial charge in [-0.2, -0.15) is 0 Å². The van der Waals surface area contributed by atoms with Crippen LogP contribution in [0.2, 0.25) is 0 Å². The molecule has 6 heteroatoms. The van der Waals surface area contributed by atoms with E-state index in [2.05, 4.69) is 29.2 Å². The number of rotatable bonds is 7. The highest BCUT2D eigenvalue weighted by Gasteiger charge is 2.28. The minimum atomic E-state index is -0.0922. The third-order valence-electron chi connectivity index (χ3n) is 4.84. The first-order valence-electron chi connectivity index (χ1n) is 8.61. The second-order valence-electron chi connectivity index (χ2n) is 6.20. The maximum Gasteiger partial charge on any atom is 0.256 e. The Hall–Kier alpha value is -1.40. The van der Waals surface area contributed by atoms with E-state index in [1.54, 1.807) is 13.8 Å². The van der Waals surface area contributed by atoms with Crippen molar-refractivity contribution in [3.63, 3.8) is 0 Å². The van der Waals surface area contributed by atoms with Crippen LogP contribution in [-0.4, -0.2) is 54.9 Å². The van der Waals surface area contributed by atoms with Gasteiger partial charge in [0.25, 0.3) is 5.91 Å². The molecule has 0 spiro atoms. The van der Waals surface area contributed by atoms with Crippen molar-refractivity contribution in [1.29, 1.82) is 0 Å². The largest absolute Gasteiger partial charge is 0.379 e. The van der Waals surface area contributed by atoms with Gasteiger partial charge >= 0.3 is 0 Å². The van der Waals surface area contributed by atoms with E-state index in [4.69, 9.17) is 9.26 Å². The first kappa shape index (κ1) is 17.9. The maximum atomic E-state index is 12.5. The highest BCUT2D eigenvalue weighted by Crippen LogP contribution is 2.20. The number of carbonyl (C=O) groups excluding carboxylic acids is 1. The monoisotopic (exact) mass is 323 g/mol. The number of aryl methyl sites for hydroxylation is 2. The number of ether oxygens (including phenoxy) is 1. The van der Waals surface area contributed by atoms with Crippen molar-refractivity contribution in [3.05, 3.63) is 17.0 Å². The van der Waals surface area contributed by atoms with E-state index in [-0.39, 0.29) is 5.91 Å². The average Bonchev–Trinajstić information content (AvgIpc) is 2.91. The summed E-state index contributed by atoms with van der Waals surface area (Å²) in [5.74, 6) is 1.05. The van der Waals surface area contributed by atoms with Crippen LogP contribution >= 0.6 is 0 Å². The Kier molecular flexibility index (Phi) is 6.59. The predicted molar refractivity (Wildman–Crippen MR) is 88.6 cm³/mol. The highest BCUT2D eigenvalue weighted by molar-refractivity contribution is 5.96. The van der Waals surface area contributed by atoms with Crippen LogP contribution in [0.3, 0.4) is 0 Å². The summed E-state index contributed by atoms with van der Waals surface area (Å²) >= 11 is 0. The van der Waals surface area contributed by atoms with Gasteiger partial charge in [0.1, 0.15) is 11.3 Å². The zero-order valence-electron chi connectivity index (χ0n) is 14.7. The van der Waals surface area contributed by atoms with E-state index in [9.17, 15) is 4.79 Å². The molecule has 130 valence electrons. The number of nitrogens with one attached hydrogen (secondary N) is 1. The summed E-state index contributed by atoms with van der Waals surface area (Å²) in [4.78, 5) is 14.9. The minimum Gasteiger partial charge on any atom is -0.379 e. The van der Waals surface area contributed by atoms with Crippen molar-refractivity contribution in [2.75, 3.05) is 32.8 Å². The number of aromatic nitrogens is 1. The lowest BCUT2D eigenvalue weighted by atomic mass is 9.92. The van der Waals surface area contributed by atoms with Gasteiger partial charge in [-0.25, -0.2) is 0 Å². The molecule has 1 saturated heterocycles. The molecule has 1 aliphatic rings. The van der Waals surface area contributed by atoms with Crippen LogP contribution in [0.1, 0.15) is 48.5 Å². The summed E-state index contributed by atoms with van der Waals surface area (Å²) in [6, 6.07) is 0.346. The van der Waals surface area contributed by atoms with Crippen LogP contribution < -0.4 is 5.32 Å². The van der Waals surface area contributed by atoms with Crippen molar-refractivity contribution in [2.24, 2.45) is 5.92 Å². The van der Waals surface area contributed by atoms with Gasteiger partial charge in [-0.1, -0.05) is 31.8 Å². The van der Waals surface area contributed by atoms with Crippen molar-refractivity contribution in [2.45, 2.75) is 46.6 Å². The van der Waals surface area contributed by atoms with Crippen LogP contribution in [0, 0.1) is 19.8 Å². The van der Waals surface area contributed by atoms with E-state index in [0.29, 0.717) is 35.5 Å². The summed E-state index contributed by atoms with van der Waals surface area (Å²) in [6.45, 7) is 12.1. The molecule has 1 aromatic rings. The molecule has 1 fully saturated rings. The van der Waals surface area contributed by atoms with Crippen molar-refractivity contribution in [1.82, 2.24) is 15.4 Å². The quantitative estimate of drug-likeness (QED) is 0.833. The minimum absolute atomic E-state index is 0.0922. The average molecular weight is 323 g/mol. The van der Waals surface area contributed by atoms with Crippen molar-refractivity contribution < 1.29 is 14.1 Å². The molecule has 0 radical (unpaired) electrons. The van der Waals surface area contributed by atoms with Gasteiger partial charge in [-0.15, -0.1) is 0 Å². The Bertz CT molecular complexity index is 486. The van der Waals surface area contributed by atoms with E-state index >= 15 is 0 Å². The van der Waals surface area contributed by atoms with E-state index in [0.717, 1.165) is 39.1 Å². The van der Waals surface area contributed by atoms with Crippen molar-refractivity contribution >= 4 is 5.91 Å². The summed E-state index contributed by atoms with van der Waals surface area (Å²) in [7, 11) is 0. The Balaban J connectivity index is 2.03. The predicted octanol–water partition coefficient (Wildman–Crippen LogP) is 2.16. The zero-order valence-corrected chi connectivity index (χ0v) is 14.7. The SMILES string of the molecule is CCC(CC)C(CNC(=O)c1c(C)noc1C)N1CCOCC1. The van der Waals surface area contributed by atoms with Crippen LogP contribution in [-0.2, 0) is 4.74 Å². The molecule has 1 unspecified atom stereocenters. The van der Waals surface area contributed by atoms with E-state index in [1.807, 2.05) is 0 Å². The molecule has 0 bridgehead atoms. The number of hydrogen-bond acceptors (Lipinski definition) is 5. The zero-order chi connectivity index (χ0) is 16.8. The first-order chi connectivity index (χ1) is 11.1. The summed E-state index contributed by atoms with van der Waals surface area (Å²) in [5, 5.41) is 6.95. The van der Waals surface area contributed by atoms with Gasteiger partial charge < -0.3 is 14.6 Å². The molecule has 0 saturated carbocycles. The van der Waals surface area contributed by atoms with E-state index < -0.39 is 0 Å².